The van der Waals surface area contributed by atoms with Crippen molar-refractivity contribution in [3.8, 4) is 12.3 Å². The van der Waals surface area contributed by atoms with Gasteiger partial charge in [-0.25, -0.2) is 4.39 Å². The Morgan fingerprint density at radius 2 is 1.79 bits per heavy atom. The summed E-state index contributed by atoms with van der Waals surface area (Å²) in [5.41, 5.74) is -2.93. The van der Waals surface area contributed by atoms with Crippen LogP contribution in [-0.4, -0.2) is 16.4 Å². The first-order valence-electron chi connectivity index (χ1n) is 5.46. The first-order chi connectivity index (χ1) is 6.57. The van der Waals surface area contributed by atoms with E-state index in [1.807, 2.05) is 0 Å². The molecule has 0 radical (unpaired) electrons. The van der Waals surface area contributed by atoms with Crippen LogP contribution in [0.25, 0.3) is 0 Å². The summed E-state index contributed by atoms with van der Waals surface area (Å²) in [6.07, 6.45) is 9.33. The van der Waals surface area contributed by atoms with Crippen molar-refractivity contribution in [2.24, 2.45) is 17.8 Å². The maximum Gasteiger partial charge on any atom is 0.161 e. The molecule has 0 amide bonds. The molecule has 0 aromatic heterocycles. The molecule has 76 valence electrons. The van der Waals surface area contributed by atoms with Crippen LogP contribution in [0, 0.1) is 30.1 Å². The van der Waals surface area contributed by atoms with Gasteiger partial charge in [-0.15, -0.1) is 6.42 Å². The lowest BCUT2D eigenvalue weighted by atomic mass is 9.48. The van der Waals surface area contributed by atoms with Gasteiger partial charge in [-0.2, -0.15) is 0 Å². The highest BCUT2D eigenvalue weighted by Crippen LogP contribution is 2.61. The van der Waals surface area contributed by atoms with E-state index in [4.69, 9.17) is 6.42 Å². The lowest BCUT2D eigenvalue weighted by Crippen LogP contribution is -2.66. The normalized spacial score (nSPS) is 59.9. The lowest BCUT2D eigenvalue weighted by molar-refractivity contribution is -0.204. The Morgan fingerprint density at radius 3 is 2.21 bits per heavy atom. The highest BCUT2D eigenvalue weighted by atomic mass is 19.1. The molecule has 4 saturated carbocycles. The molecule has 0 spiro atoms. The minimum absolute atomic E-state index is 0.0174. The molecule has 0 aromatic carbocycles. The summed E-state index contributed by atoms with van der Waals surface area (Å²) in [5.74, 6) is 3.32. The van der Waals surface area contributed by atoms with Gasteiger partial charge < -0.3 is 5.11 Å². The van der Waals surface area contributed by atoms with E-state index in [2.05, 4.69) is 5.92 Å². The molecule has 4 rings (SSSR count). The van der Waals surface area contributed by atoms with Gasteiger partial charge >= 0.3 is 0 Å². The largest absolute Gasteiger partial charge is 0.374 e. The average Bonchev–Trinajstić information content (AvgIpc) is 2.12. The van der Waals surface area contributed by atoms with Crippen LogP contribution in [0.5, 0.6) is 0 Å². The van der Waals surface area contributed by atoms with Gasteiger partial charge in [-0.3, -0.25) is 0 Å². The van der Waals surface area contributed by atoms with Crippen LogP contribution < -0.4 is 0 Å². The number of aliphatic hydroxyl groups is 1. The molecular weight excluding hydrogens is 179 g/mol. The molecular formula is C12H15FO. The zero-order valence-electron chi connectivity index (χ0n) is 8.17. The van der Waals surface area contributed by atoms with Crippen molar-refractivity contribution in [1.82, 2.24) is 0 Å². The van der Waals surface area contributed by atoms with E-state index in [9.17, 15) is 9.50 Å². The third-order valence-corrected chi connectivity index (χ3v) is 4.62. The van der Waals surface area contributed by atoms with E-state index >= 15 is 0 Å². The lowest BCUT2D eigenvalue weighted by Gasteiger charge is -2.59. The minimum Gasteiger partial charge on any atom is -0.374 e. The predicted molar refractivity (Wildman–Crippen MR) is 51.2 cm³/mol. The van der Waals surface area contributed by atoms with Gasteiger partial charge in [-0.1, -0.05) is 5.92 Å². The topological polar surface area (TPSA) is 20.2 Å². The first kappa shape index (κ1) is 8.73. The van der Waals surface area contributed by atoms with Crippen molar-refractivity contribution in [3.63, 3.8) is 0 Å². The molecule has 1 nitrogen and oxygen atoms in total. The minimum atomic E-state index is -1.48. The second kappa shape index (κ2) is 2.33. The van der Waals surface area contributed by atoms with E-state index in [-0.39, 0.29) is 5.92 Å². The van der Waals surface area contributed by atoms with E-state index in [0.717, 1.165) is 19.3 Å². The number of rotatable bonds is 0. The van der Waals surface area contributed by atoms with Crippen molar-refractivity contribution in [2.75, 3.05) is 0 Å². The zero-order valence-corrected chi connectivity index (χ0v) is 8.17. The highest BCUT2D eigenvalue weighted by Gasteiger charge is 2.65. The molecule has 0 saturated heterocycles. The molecule has 0 aliphatic heterocycles. The molecule has 14 heavy (non-hydrogen) atoms. The van der Waals surface area contributed by atoms with Crippen LogP contribution in [0.4, 0.5) is 4.39 Å². The standard InChI is InChI=1S/C12H15FO/c1-2-12(14)10-4-8-3-9(5-10)7-11(12,13)6-8/h1,8-10,14H,3-7H2. The molecule has 3 unspecified atom stereocenters. The summed E-state index contributed by atoms with van der Waals surface area (Å²) in [6, 6.07) is 0. The molecule has 3 atom stereocenters. The van der Waals surface area contributed by atoms with Crippen molar-refractivity contribution in [2.45, 2.75) is 43.4 Å². The summed E-state index contributed by atoms with van der Waals surface area (Å²) in [5, 5.41) is 10.2. The van der Waals surface area contributed by atoms with E-state index in [0.29, 0.717) is 24.7 Å². The Bertz CT molecular complexity index is 305. The van der Waals surface area contributed by atoms with Gasteiger partial charge in [0.1, 0.15) is 0 Å². The third-order valence-electron chi connectivity index (χ3n) is 4.62. The number of hydrogen-bond donors (Lipinski definition) is 1. The van der Waals surface area contributed by atoms with Gasteiger partial charge in [0.2, 0.25) is 0 Å². The fraction of sp³-hybridized carbons (Fsp3) is 0.833. The molecule has 2 heteroatoms. The van der Waals surface area contributed by atoms with Crippen LogP contribution in [0.1, 0.15) is 32.1 Å². The third kappa shape index (κ3) is 0.803. The Balaban J connectivity index is 2.07. The van der Waals surface area contributed by atoms with Crippen molar-refractivity contribution < 1.29 is 9.50 Å². The zero-order chi connectivity index (χ0) is 9.97. The van der Waals surface area contributed by atoms with Gasteiger partial charge in [-0.05, 0) is 43.9 Å². The fourth-order valence-corrected chi connectivity index (χ4v) is 4.16. The number of halogens is 1. The molecule has 4 bridgehead atoms. The van der Waals surface area contributed by atoms with Crippen LogP contribution in [-0.2, 0) is 0 Å². The van der Waals surface area contributed by atoms with E-state index in [1.54, 1.807) is 0 Å². The summed E-state index contributed by atoms with van der Waals surface area (Å²) in [4.78, 5) is 0. The Labute approximate surface area is 83.7 Å². The molecule has 0 aromatic rings. The molecule has 0 heterocycles. The van der Waals surface area contributed by atoms with Gasteiger partial charge in [0.25, 0.3) is 0 Å². The van der Waals surface area contributed by atoms with Gasteiger partial charge in [0.15, 0.2) is 11.3 Å². The Hall–Kier alpha value is -0.550. The van der Waals surface area contributed by atoms with Crippen molar-refractivity contribution >= 4 is 0 Å². The smallest absolute Gasteiger partial charge is 0.161 e. The van der Waals surface area contributed by atoms with E-state index < -0.39 is 11.3 Å². The maximum atomic E-state index is 14.5. The predicted octanol–water partition coefficient (Wildman–Crippen LogP) is 1.90. The van der Waals surface area contributed by atoms with Crippen LogP contribution in [0.2, 0.25) is 0 Å². The van der Waals surface area contributed by atoms with Gasteiger partial charge in [0, 0.05) is 5.92 Å². The molecule has 4 fully saturated rings. The highest BCUT2D eigenvalue weighted by molar-refractivity contribution is 5.27. The fourth-order valence-electron chi connectivity index (χ4n) is 4.16. The van der Waals surface area contributed by atoms with Crippen LogP contribution in [0.3, 0.4) is 0 Å². The monoisotopic (exact) mass is 194 g/mol. The summed E-state index contributed by atoms with van der Waals surface area (Å²) in [7, 11) is 0. The Kier molecular flexibility index (Phi) is 1.46. The number of alkyl halides is 1. The van der Waals surface area contributed by atoms with E-state index in [1.165, 1.54) is 0 Å². The maximum absolute atomic E-state index is 14.5. The number of terminal acetylenes is 1. The Morgan fingerprint density at radius 1 is 1.21 bits per heavy atom. The first-order valence-corrected chi connectivity index (χ1v) is 5.46. The van der Waals surface area contributed by atoms with Crippen LogP contribution >= 0.6 is 0 Å². The summed E-state index contributed by atoms with van der Waals surface area (Å²) >= 11 is 0. The quantitative estimate of drug-likeness (QED) is 0.584. The summed E-state index contributed by atoms with van der Waals surface area (Å²) in [6.45, 7) is 0. The second-order valence-corrected chi connectivity index (χ2v) is 5.42. The van der Waals surface area contributed by atoms with Crippen molar-refractivity contribution in [1.29, 1.82) is 0 Å². The SMILES string of the molecule is C#CC1(O)C2CC3CC(C2)CC1(F)C3. The molecule has 1 N–H and O–H groups in total. The summed E-state index contributed by atoms with van der Waals surface area (Å²) < 4.78 is 14.5. The van der Waals surface area contributed by atoms with Crippen LogP contribution in [0.15, 0.2) is 0 Å². The molecule has 4 aliphatic carbocycles. The van der Waals surface area contributed by atoms with Crippen molar-refractivity contribution in [3.05, 3.63) is 0 Å². The molecule has 4 aliphatic rings. The second-order valence-electron chi connectivity index (χ2n) is 5.42. The average molecular weight is 194 g/mol. The van der Waals surface area contributed by atoms with Gasteiger partial charge in [0.05, 0.1) is 0 Å². The number of hydrogen-bond acceptors (Lipinski definition) is 1.